The molecule has 1 saturated heterocycles. The summed E-state index contributed by atoms with van der Waals surface area (Å²) >= 11 is 0. The Balaban J connectivity index is 2.22. The van der Waals surface area contributed by atoms with Gasteiger partial charge in [0.05, 0.1) is 0 Å². The lowest BCUT2D eigenvalue weighted by atomic mass is 9.72. The molecule has 1 heterocycles. The van der Waals surface area contributed by atoms with Crippen LogP contribution in [0.15, 0.2) is 0 Å². The molecule has 19 heavy (non-hydrogen) atoms. The molecule has 2 heteroatoms. The van der Waals surface area contributed by atoms with Crippen LogP contribution >= 0.6 is 0 Å². The summed E-state index contributed by atoms with van der Waals surface area (Å²) in [7, 11) is 0. The van der Waals surface area contributed by atoms with Gasteiger partial charge in [0.1, 0.15) is 0 Å². The third kappa shape index (κ3) is 3.16. The van der Waals surface area contributed by atoms with Crippen LogP contribution < -0.4 is 5.32 Å². The molecule has 0 amide bonds. The second kappa shape index (κ2) is 6.13. The lowest BCUT2D eigenvalue weighted by molar-refractivity contribution is 0.0284. The molecule has 1 N–H and O–H groups in total. The summed E-state index contributed by atoms with van der Waals surface area (Å²) in [4.78, 5) is 2.85. The molecule has 0 spiro atoms. The van der Waals surface area contributed by atoms with Crippen molar-refractivity contribution < 1.29 is 0 Å². The lowest BCUT2D eigenvalue weighted by Crippen LogP contribution is -2.63. The molecule has 0 aromatic carbocycles. The van der Waals surface area contributed by atoms with Crippen LogP contribution in [0, 0.1) is 5.41 Å². The summed E-state index contributed by atoms with van der Waals surface area (Å²) < 4.78 is 0. The van der Waals surface area contributed by atoms with Crippen LogP contribution in [0.3, 0.4) is 0 Å². The number of nitrogens with zero attached hydrogens (tertiary/aromatic N) is 1. The van der Waals surface area contributed by atoms with Gasteiger partial charge in [-0.1, -0.05) is 40.5 Å². The molecule has 0 aromatic heterocycles. The number of hydrogen-bond donors (Lipinski definition) is 1. The Morgan fingerprint density at radius 2 is 1.63 bits per heavy atom. The SMILES string of the molecule is CCCNC(C(C)(C)C)C1(N2CCCC2)CCCC1. The Kier molecular flexibility index (Phi) is 4.94. The van der Waals surface area contributed by atoms with Gasteiger partial charge < -0.3 is 5.32 Å². The third-order valence-electron chi connectivity index (χ3n) is 5.21. The summed E-state index contributed by atoms with van der Waals surface area (Å²) in [6.07, 6.45) is 9.73. The minimum absolute atomic E-state index is 0.349. The number of likely N-dealkylation sites (tertiary alicyclic amines) is 1. The van der Waals surface area contributed by atoms with E-state index in [1.165, 1.54) is 58.0 Å². The van der Waals surface area contributed by atoms with Gasteiger partial charge in [0.15, 0.2) is 0 Å². The van der Waals surface area contributed by atoms with Gasteiger partial charge in [-0.3, -0.25) is 4.90 Å². The summed E-state index contributed by atoms with van der Waals surface area (Å²) in [6.45, 7) is 13.4. The van der Waals surface area contributed by atoms with Crippen molar-refractivity contribution in [2.45, 2.75) is 84.2 Å². The van der Waals surface area contributed by atoms with Crippen molar-refractivity contribution in [1.29, 1.82) is 0 Å². The van der Waals surface area contributed by atoms with Crippen LogP contribution in [-0.2, 0) is 0 Å². The molecule has 1 atom stereocenters. The van der Waals surface area contributed by atoms with E-state index in [4.69, 9.17) is 0 Å². The van der Waals surface area contributed by atoms with E-state index < -0.39 is 0 Å². The fourth-order valence-electron chi connectivity index (χ4n) is 4.53. The van der Waals surface area contributed by atoms with Gasteiger partial charge in [0, 0.05) is 11.6 Å². The highest BCUT2D eigenvalue weighted by atomic mass is 15.3. The molecule has 2 rings (SSSR count). The smallest absolute Gasteiger partial charge is 0.0367 e. The highest BCUT2D eigenvalue weighted by molar-refractivity contribution is 5.08. The molecule has 2 nitrogen and oxygen atoms in total. The van der Waals surface area contributed by atoms with Crippen molar-refractivity contribution in [3.8, 4) is 0 Å². The molecular weight excluding hydrogens is 232 g/mol. The van der Waals surface area contributed by atoms with Crippen molar-refractivity contribution in [3.63, 3.8) is 0 Å². The van der Waals surface area contributed by atoms with Gasteiger partial charge >= 0.3 is 0 Å². The van der Waals surface area contributed by atoms with E-state index in [9.17, 15) is 0 Å². The zero-order valence-corrected chi connectivity index (χ0v) is 13.6. The highest BCUT2D eigenvalue weighted by Gasteiger charge is 2.50. The zero-order chi connectivity index (χ0) is 13.9. The van der Waals surface area contributed by atoms with Gasteiger partial charge in [0.2, 0.25) is 0 Å². The Bertz CT molecular complexity index is 267. The van der Waals surface area contributed by atoms with Gasteiger partial charge in [-0.15, -0.1) is 0 Å². The average Bonchev–Trinajstić information content (AvgIpc) is 2.99. The van der Waals surface area contributed by atoms with Crippen molar-refractivity contribution in [1.82, 2.24) is 10.2 Å². The standard InChI is InChI=1S/C17H34N2/c1-5-12-18-15(16(2,3)4)17(10-6-7-11-17)19-13-8-9-14-19/h15,18H,5-14H2,1-4H3. The molecule has 0 aromatic rings. The van der Waals surface area contributed by atoms with Crippen molar-refractivity contribution in [2.24, 2.45) is 5.41 Å². The molecule has 2 fully saturated rings. The average molecular weight is 266 g/mol. The molecule has 1 saturated carbocycles. The number of nitrogens with one attached hydrogen (secondary N) is 1. The second-order valence-corrected chi connectivity index (χ2v) is 7.76. The van der Waals surface area contributed by atoms with E-state index in [0.717, 1.165) is 6.54 Å². The van der Waals surface area contributed by atoms with Crippen LogP contribution in [-0.4, -0.2) is 36.1 Å². The molecule has 1 unspecified atom stereocenters. The van der Waals surface area contributed by atoms with E-state index in [2.05, 4.69) is 37.9 Å². The van der Waals surface area contributed by atoms with E-state index >= 15 is 0 Å². The lowest BCUT2D eigenvalue weighted by Gasteiger charge is -2.51. The van der Waals surface area contributed by atoms with Crippen LogP contribution in [0.1, 0.15) is 72.6 Å². The third-order valence-corrected chi connectivity index (χ3v) is 5.21. The summed E-state index contributed by atoms with van der Waals surface area (Å²) in [5.74, 6) is 0. The fourth-order valence-corrected chi connectivity index (χ4v) is 4.53. The Labute approximate surface area is 120 Å². The van der Waals surface area contributed by atoms with E-state index in [-0.39, 0.29) is 0 Å². The number of rotatable bonds is 5. The van der Waals surface area contributed by atoms with E-state index in [1.54, 1.807) is 0 Å². The van der Waals surface area contributed by atoms with Crippen LogP contribution in [0.5, 0.6) is 0 Å². The van der Waals surface area contributed by atoms with E-state index in [0.29, 0.717) is 17.0 Å². The normalized spacial score (nSPS) is 25.9. The first-order chi connectivity index (χ1) is 9.00. The molecule has 1 aliphatic carbocycles. The van der Waals surface area contributed by atoms with Crippen molar-refractivity contribution >= 4 is 0 Å². The summed E-state index contributed by atoms with van der Waals surface area (Å²) in [5.41, 5.74) is 0.798. The molecule has 1 aliphatic heterocycles. The van der Waals surface area contributed by atoms with Crippen LogP contribution in [0.2, 0.25) is 0 Å². The monoisotopic (exact) mass is 266 g/mol. The first-order valence-electron chi connectivity index (χ1n) is 8.49. The van der Waals surface area contributed by atoms with Gasteiger partial charge in [-0.05, 0) is 57.2 Å². The van der Waals surface area contributed by atoms with Gasteiger partial charge in [-0.2, -0.15) is 0 Å². The minimum atomic E-state index is 0.349. The Morgan fingerprint density at radius 3 is 2.11 bits per heavy atom. The molecule has 0 bridgehead atoms. The molecule has 112 valence electrons. The maximum absolute atomic E-state index is 3.93. The van der Waals surface area contributed by atoms with Gasteiger partial charge in [-0.25, -0.2) is 0 Å². The van der Waals surface area contributed by atoms with Gasteiger partial charge in [0.25, 0.3) is 0 Å². The van der Waals surface area contributed by atoms with E-state index in [1.807, 2.05) is 0 Å². The summed E-state index contributed by atoms with van der Waals surface area (Å²) in [5, 5.41) is 3.93. The first kappa shape index (κ1) is 15.3. The van der Waals surface area contributed by atoms with Crippen LogP contribution in [0.25, 0.3) is 0 Å². The molecule has 0 radical (unpaired) electrons. The second-order valence-electron chi connectivity index (χ2n) is 7.76. The van der Waals surface area contributed by atoms with Crippen molar-refractivity contribution in [3.05, 3.63) is 0 Å². The Morgan fingerprint density at radius 1 is 1.05 bits per heavy atom. The Hall–Kier alpha value is -0.0800. The summed E-state index contributed by atoms with van der Waals surface area (Å²) in [6, 6.07) is 0.639. The maximum Gasteiger partial charge on any atom is 0.0367 e. The largest absolute Gasteiger partial charge is 0.312 e. The zero-order valence-electron chi connectivity index (χ0n) is 13.6. The number of hydrogen-bond acceptors (Lipinski definition) is 2. The highest BCUT2D eigenvalue weighted by Crippen LogP contribution is 2.45. The van der Waals surface area contributed by atoms with Crippen molar-refractivity contribution in [2.75, 3.05) is 19.6 Å². The molecule has 2 aliphatic rings. The fraction of sp³-hybridized carbons (Fsp3) is 1.00. The predicted molar refractivity (Wildman–Crippen MR) is 83.5 cm³/mol. The minimum Gasteiger partial charge on any atom is -0.312 e. The topological polar surface area (TPSA) is 15.3 Å². The predicted octanol–water partition coefficient (Wildman–Crippen LogP) is 3.81. The van der Waals surface area contributed by atoms with Crippen LogP contribution in [0.4, 0.5) is 0 Å². The first-order valence-corrected chi connectivity index (χ1v) is 8.49. The molecular formula is C17H34N2. The maximum atomic E-state index is 3.93. The quantitative estimate of drug-likeness (QED) is 0.814.